The Hall–Kier alpha value is -3.07. The van der Waals surface area contributed by atoms with Crippen LogP contribution >= 0.6 is 0 Å². The zero-order chi connectivity index (χ0) is 19.3. The number of fused-ring (bicyclic) bond motifs is 2. The first-order chi connectivity index (χ1) is 13.5. The van der Waals surface area contributed by atoms with Gasteiger partial charge in [0.05, 0.1) is 17.4 Å². The monoisotopic (exact) mass is 368 g/mol. The first-order valence-electron chi connectivity index (χ1n) is 9.88. The highest BCUT2D eigenvalue weighted by atomic mass is 16.1. The molecule has 1 aliphatic carbocycles. The van der Waals surface area contributed by atoms with Crippen LogP contribution in [0.5, 0.6) is 0 Å². The van der Waals surface area contributed by atoms with Gasteiger partial charge in [0.15, 0.2) is 5.78 Å². The minimum Gasteiger partial charge on any atom is -0.372 e. The molecule has 1 atom stereocenters. The van der Waals surface area contributed by atoms with Crippen LogP contribution in [0.2, 0.25) is 0 Å². The Labute approximate surface area is 165 Å². The Morgan fingerprint density at radius 3 is 2.43 bits per heavy atom. The smallest absolute Gasteiger partial charge is 0.163 e. The number of anilines is 2. The van der Waals surface area contributed by atoms with Gasteiger partial charge in [-0.3, -0.25) is 4.79 Å². The molecule has 3 aromatic carbocycles. The van der Waals surface area contributed by atoms with Crippen LogP contribution in [0.1, 0.15) is 38.3 Å². The van der Waals surface area contributed by atoms with Crippen LogP contribution < -0.4 is 10.6 Å². The highest BCUT2D eigenvalue weighted by molar-refractivity contribution is 6.02. The summed E-state index contributed by atoms with van der Waals surface area (Å²) in [7, 11) is 0. The number of hydrogen-bond donors (Lipinski definition) is 2. The van der Waals surface area contributed by atoms with Crippen LogP contribution in [-0.4, -0.2) is 5.78 Å². The average Bonchev–Trinajstić information content (AvgIpc) is 2.83. The zero-order valence-corrected chi connectivity index (χ0v) is 16.3. The molecule has 0 spiro atoms. The van der Waals surface area contributed by atoms with Gasteiger partial charge in [-0.25, -0.2) is 0 Å². The summed E-state index contributed by atoms with van der Waals surface area (Å²) in [6.07, 6.45) is 1.44. The van der Waals surface area contributed by atoms with Gasteiger partial charge in [-0.2, -0.15) is 0 Å². The summed E-state index contributed by atoms with van der Waals surface area (Å²) in [5, 5.41) is 9.65. The lowest BCUT2D eigenvalue weighted by molar-refractivity contribution is -0.118. The molecule has 28 heavy (non-hydrogen) atoms. The van der Waals surface area contributed by atoms with Crippen LogP contribution in [-0.2, 0) is 4.79 Å². The van der Waals surface area contributed by atoms with Gasteiger partial charge in [-0.15, -0.1) is 0 Å². The third kappa shape index (κ3) is 2.78. The minimum atomic E-state index is -0.166. The van der Waals surface area contributed by atoms with E-state index >= 15 is 0 Å². The maximum Gasteiger partial charge on any atom is 0.163 e. The Balaban J connectivity index is 1.76. The van der Waals surface area contributed by atoms with Gasteiger partial charge >= 0.3 is 0 Å². The van der Waals surface area contributed by atoms with E-state index in [1.165, 1.54) is 10.8 Å². The molecule has 2 N–H and O–H groups in total. The number of allylic oxidation sites excluding steroid dienone is 1. The molecule has 0 unspecified atom stereocenters. The molecule has 0 fully saturated rings. The summed E-state index contributed by atoms with van der Waals surface area (Å²) >= 11 is 0. The highest BCUT2D eigenvalue weighted by Gasteiger charge is 2.38. The molecule has 3 nitrogen and oxygen atoms in total. The van der Waals surface area contributed by atoms with E-state index in [1.54, 1.807) is 0 Å². The van der Waals surface area contributed by atoms with Crippen molar-refractivity contribution in [3.05, 3.63) is 83.6 Å². The van der Waals surface area contributed by atoms with Crippen molar-refractivity contribution in [1.82, 2.24) is 0 Å². The van der Waals surface area contributed by atoms with Crippen molar-refractivity contribution in [3.8, 4) is 0 Å². The van der Waals surface area contributed by atoms with E-state index in [2.05, 4.69) is 79.1 Å². The number of rotatable bonds is 1. The van der Waals surface area contributed by atoms with E-state index in [9.17, 15) is 4.79 Å². The molecule has 0 saturated carbocycles. The van der Waals surface area contributed by atoms with E-state index in [0.29, 0.717) is 6.42 Å². The molecule has 3 heteroatoms. The first kappa shape index (κ1) is 17.1. The van der Waals surface area contributed by atoms with Gasteiger partial charge in [0.2, 0.25) is 0 Å². The van der Waals surface area contributed by atoms with Crippen molar-refractivity contribution in [2.75, 3.05) is 10.6 Å². The Morgan fingerprint density at radius 1 is 0.857 bits per heavy atom. The summed E-state index contributed by atoms with van der Waals surface area (Å²) in [6, 6.07) is 22.8. The van der Waals surface area contributed by atoms with Crippen LogP contribution in [0.15, 0.2) is 78.0 Å². The lowest BCUT2D eigenvalue weighted by Crippen LogP contribution is -2.31. The van der Waals surface area contributed by atoms with Crippen LogP contribution in [0.3, 0.4) is 0 Å². The van der Waals surface area contributed by atoms with E-state index in [0.717, 1.165) is 34.6 Å². The van der Waals surface area contributed by atoms with Crippen molar-refractivity contribution in [2.45, 2.75) is 32.7 Å². The number of carbonyl (C=O) groups excluding carboxylic acids is 1. The van der Waals surface area contributed by atoms with E-state index in [1.807, 2.05) is 12.1 Å². The van der Waals surface area contributed by atoms with Crippen LogP contribution in [0.25, 0.3) is 10.8 Å². The van der Waals surface area contributed by atoms with E-state index < -0.39 is 0 Å². The fourth-order valence-corrected chi connectivity index (χ4v) is 4.62. The number of Topliss-reactive ketones (excluding diaryl/α,β-unsaturated/α-hetero) is 1. The second-order valence-electron chi connectivity index (χ2n) is 8.65. The molecule has 0 bridgehead atoms. The predicted molar refractivity (Wildman–Crippen MR) is 115 cm³/mol. The van der Waals surface area contributed by atoms with Gasteiger partial charge in [-0.05, 0) is 40.3 Å². The summed E-state index contributed by atoms with van der Waals surface area (Å²) < 4.78 is 0. The zero-order valence-electron chi connectivity index (χ0n) is 16.3. The average molecular weight is 368 g/mol. The van der Waals surface area contributed by atoms with Gasteiger partial charge in [0.25, 0.3) is 0 Å². The Bertz CT molecular complexity index is 1120. The molecule has 0 saturated heterocycles. The molecular formula is C25H24N2O. The van der Waals surface area contributed by atoms with Crippen molar-refractivity contribution in [1.29, 1.82) is 0 Å². The summed E-state index contributed by atoms with van der Waals surface area (Å²) in [6.45, 7) is 4.35. The topological polar surface area (TPSA) is 41.1 Å². The van der Waals surface area contributed by atoms with Crippen molar-refractivity contribution >= 4 is 27.9 Å². The summed E-state index contributed by atoms with van der Waals surface area (Å²) in [5.41, 5.74) is 5.11. The standard InChI is InChI=1S/C25H24N2O/c1-25(2)14-21-23(22(28)15-25)24(27-20-13-6-5-12-19(20)26-21)18-11-7-9-16-8-3-4-10-17(16)18/h3-13,24,26-27H,14-15H2,1-2H3/t24-/m1/s1. The molecule has 0 radical (unpaired) electrons. The number of benzene rings is 3. The van der Waals surface area contributed by atoms with Crippen molar-refractivity contribution in [2.24, 2.45) is 5.41 Å². The second kappa shape index (κ2) is 6.23. The summed E-state index contributed by atoms with van der Waals surface area (Å²) in [4.78, 5) is 13.3. The number of ketones is 1. The lowest BCUT2D eigenvalue weighted by atomic mass is 9.73. The molecule has 0 amide bonds. The van der Waals surface area contributed by atoms with E-state index in [4.69, 9.17) is 0 Å². The largest absolute Gasteiger partial charge is 0.372 e. The molecule has 3 aromatic rings. The van der Waals surface area contributed by atoms with Gasteiger partial charge < -0.3 is 10.6 Å². The molecule has 5 rings (SSSR count). The molecule has 1 aliphatic heterocycles. The minimum absolute atomic E-state index is 0.0362. The highest BCUT2D eigenvalue weighted by Crippen LogP contribution is 2.46. The van der Waals surface area contributed by atoms with Gasteiger partial charge in [0.1, 0.15) is 0 Å². The maximum absolute atomic E-state index is 13.3. The van der Waals surface area contributed by atoms with Gasteiger partial charge in [-0.1, -0.05) is 68.4 Å². The fourth-order valence-electron chi connectivity index (χ4n) is 4.62. The summed E-state index contributed by atoms with van der Waals surface area (Å²) in [5.74, 6) is 0.233. The number of para-hydroxylation sites is 2. The van der Waals surface area contributed by atoms with E-state index in [-0.39, 0.29) is 17.2 Å². The van der Waals surface area contributed by atoms with Crippen molar-refractivity contribution in [3.63, 3.8) is 0 Å². The Kier molecular flexibility index (Phi) is 3.80. The maximum atomic E-state index is 13.3. The normalized spacial score (nSPS) is 20.6. The predicted octanol–water partition coefficient (Wildman–Crippen LogP) is 6.06. The van der Waals surface area contributed by atoms with Crippen LogP contribution in [0, 0.1) is 5.41 Å². The van der Waals surface area contributed by atoms with Crippen LogP contribution in [0.4, 0.5) is 11.4 Å². The fraction of sp³-hybridized carbons (Fsp3) is 0.240. The first-order valence-corrected chi connectivity index (χ1v) is 9.88. The number of nitrogens with one attached hydrogen (secondary N) is 2. The molecule has 140 valence electrons. The number of carbonyl (C=O) groups is 1. The molecule has 1 heterocycles. The Morgan fingerprint density at radius 2 is 1.57 bits per heavy atom. The molecule has 2 aliphatic rings. The third-order valence-electron chi connectivity index (χ3n) is 5.86. The lowest BCUT2D eigenvalue weighted by Gasteiger charge is -2.34. The molecule has 0 aromatic heterocycles. The van der Waals surface area contributed by atoms with Crippen molar-refractivity contribution < 1.29 is 4.79 Å². The molecular weight excluding hydrogens is 344 g/mol. The SMILES string of the molecule is CC1(C)CC(=O)C2=C(C1)Nc1ccccc1N[C@@H]2c1cccc2ccccc12. The number of hydrogen-bond acceptors (Lipinski definition) is 3. The quantitative estimate of drug-likeness (QED) is 0.548. The second-order valence-corrected chi connectivity index (χ2v) is 8.65. The third-order valence-corrected chi connectivity index (χ3v) is 5.86. The van der Waals surface area contributed by atoms with Gasteiger partial charge in [0, 0.05) is 17.7 Å².